The fraction of sp³-hybridized carbons (Fsp3) is 0.529. The van der Waals surface area contributed by atoms with E-state index in [-0.39, 0.29) is 17.9 Å². The third kappa shape index (κ3) is 2.72. The molecule has 2 saturated heterocycles. The Hall–Kier alpha value is -1.68. The summed E-state index contributed by atoms with van der Waals surface area (Å²) in [5, 5.41) is 0. The summed E-state index contributed by atoms with van der Waals surface area (Å²) in [6, 6.07) is 7.43. The zero-order chi connectivity index (χ0) is 15.0. The van der Waals surface area contributed by atoms with Gasteiger partial charge in [-0.3, -0.25) is 9.59 Å². The Kier molecular flexibility index (Phi) is 3.81. The number of imide groups is 1. The number of quaternary nitrogens is 1. The first kappa shape index (κ1) is 14.3. The number of piperidine rings is 1. The van der Waals surface area contributed by atoms with Crippen molar-refractivity contribution in [1.82, 2.24) is 0 Å². The summed E-state index contributed by atoms with van der Waals surface area (Å²) in [5.41, 5.74) is 1.84. The SMILES string of the molecule is Cc1ccc(N2C(=O)C[C@@H]([NH+]3CCC[C@H](C)C3)C2=O)cc1. The summed E-state index contributed by atoms with van der Waals surface area (Å²) in [5.74, 6) is 0.567. The molecule has 0 saturated carbocycles. The molecule has 1 aromatic carbocycles. The molecular formula is C17H23N2O2+. The van der Waals surface area contributed by atoms with Gasteiger partial charge in [-0.05, 0) is 31.9 Å². The van der Waals surface area contributed by atoms with E-state index in [0.717, 1.165) is 25.1 Å². The number of carbonyl (C=O) groups excluding carboxylic acids is 2. The number of hydrogen-bond donors (Lipinski definition) is 1. The van der Waals surface area contributed by atoms with Crippen molar-refractivity contribution in [1.29, 1.82) is 0 Å². The van der Waals surface area contributed by atoms with Crippen LogP contribution in [-0.4, -0.2) is 30.9 Å². The van der Waals surface area contributed by atoms with Crippen LogP contribution >= 0.6 is 0 Å². The average molecular weight is 287 g/mol. The van der Waals surface area contributed by atoms with E-state index in [4.69, 9.17) is 0 Å². The van der Waals surface area contributed by atoms with Gasteiger partial charge >= 0.3 is 0 Å². The molecule has 2 fully saturated rings. The van der Waals surface area contributed by atoms with Gasteiger partial charge in [0.15, 0.2) is 6.04 Å². The van der Waals surface area contributed by atoms with Gasteiger partial charge in [0, 0.05) is 5.92 Å². The normalized spacial score (nSPS) is 30.0. The maximum atomic E-state index is 12.7. The number of rotatable bonds is 2. The lowest BCUT2D eigenvalue weighted by Crippen LogP contribution is -3.18. The summed E-state index contributed by atoms with van der Waals surface area (Å²) in [7, 11) is 0. The minimum atomic E-state index is -0.179. The van der Waals surface area contributed by atoms with Crippen LogP contribution in [-0.2, 0) is 9.59 Å². The molecule has 1 unspecified atom stereocenters. The fourth-order valence-corrected chi connectivity index (χ4v) is 3.56. The molecule has 112 valence electrons. The van der Waals surface area contributed by atoms with Gasteiger partial charge in [0.25, 0.3) is 5.91 Å². The quantitative estimate of drug-likeness (QED) is 0.823. The van der Waals surface area contributed by atoms with Crippen molar-refractivity contribution in [2.24, 2.45) is 5.92 Å². The molecule has 0 aliphatic carbocycles. The third-order valence-corrected chi connectivity index (χ3v) is 4.74. The van der Waals surface area contributed by atoms with Crippen molar-refractivity contribution in [2.45, 2.75) is 39.2 Å². The Morgan fingerprint density at radius 3 is 2.57 bits per heavy atom. The van der Waals surface area contributed by atoms with E-state index < -0.39 is 0 Å². The smallest absolute Gasteiger partial charge is 0.292 e. The molecular weight excluding hydrogens is 264 g/mol. The minimum Gasteiger partial charge on any atom is -0.324 e. The first-order chi connectivity index (χ1) is 10.1. The van der Waals surface area contributed by atoms with Crippen LogP contribution in [0.2, 0.25) is 0 Å². The van der Waals surface area contributed by atoms with Gasteiger partial charge in [0.1, 0.15) is 0 Å². The number of nitrogens with one attached hydrogen (secondary N) is 1. The van der Waals surface area contributed by atoms with Crippen LogP contribution in [0, 0.1) is 12.8 Å². The fourth-order valence-electron chi connectivity index (χ4n) is 3.56. The highest BCUT2D eigenvalue weighted by atomic mass is 16.2. The lowest BCUT2D eigenvalue weighted by atomic mass is 9.98. The Morgan fingerprint density at radius 1 is 1.19 bits per heavy atom. The molecule has 3 atom stereocenters. The van der Waals surface area contributed by atoms with Gasteiger partial charge in [-0.1, -0.05) is 24.6 Å². The van der Waals surface area contributed by atoms with E-state index in [0.29, 0.717) is 18.0 Å². The van der Waals surface area contributed by atoms with E-state index >= 15 is 0 Å². The number of anilines is 1. The van der Waals surface area contributed by atoms with Gasteiger partial charge in [-0.2, -0.15) is 0 Å². The van der Waals surface area contributed by atoms with Gasteiger partial charge in [0.05, 0.1) is 25.2 Å². The standard InChI is InChI=1S/C17H22N2O2/c1-12-5-7-14(8-6-12)19-16(20)10-15(17(19)21)18-9-3-4-13(2)11-18/h5-8,13,15H,3-4,9-11H2,1-2H3/p+1/t13-,15+/m0/s1. The number of likely N-dealkylation sites (tertiary alicyclic amines) is 1. The molecule has 1 N–H and O–H groups in total. The van der Waals surface area contributed by atoms with Gasteiger partial charge in [0.2, 0.25) is 5.91 Å². The van der Waals surface area contributed by atoms with Crippen LogP contribution in [0.15, 0.2) is 24.3 Å². The number of hydrogen-bond acceptors (Lipinski definition) is 2. The van der Waals surface area contributed by atoms with Crippen molar-refractivity contribution >= 4 is 17.5 Å². The average Bonchev–Trinajstić information content (AvgIpc) is 2.75. The van der Waals surface area contributed by atoms with E-state index in [1.807, 2.05) is 31.2 Å². The molecule has 4 heteroatoms. The van der Waals surface area contributed by atoms with Crippen LogP contribution in [0.5, 0.6) is 0 Å². The van der Waals surface area contributed by atoms with E-state index in [9.17, 15) is 9.59 Å². The predicted octanol–water partition coefficient (Wildman–Crippen LogP) is 0.942. The second-order valence-corrected chi connectivity index (χ2v) is 6.52. The number of benzene rings is 1. The third-order valence-electron chi connectivity index (χ3n) is 4.74. The molecule has 3 rings (SSSR count). The summed E-state index contributed by atoms with van der Waals surface area (Å²) in [6.07, 6.45) is 2.74. The van der Waals surface area contributed by atoms with Crippen LogP contribution in [0.3, 0.4) is 0 Å². The first-order valence-electron chi connectivity index (χ1n) is 7.84. The summed E-state index contributed by atoms with van der Waals surface area (Å²) in [4.78, 5) is 27.7. The molecule has 1 aromatic rings. The Balaban J connectivity index is 1.80. The molecule has 0 radical (unpaired) electrons. The van der Waals surface area contributed by atoms with Crippen molar-refractivity contribution < 1.29 is 14.5 Å². The number of aryl methyl sites for hydroxylation is 1. The topological polar surface area (TPSA) is 41.8 Å². The maximum Gasteiger partial charge on any atom is 0.292 e. The van der Waals surface area contributed by atoms with Gasteiger partial charge in [-0.15, -0.1) is 0 Å². The van der Waals surface area contributed by atoms with Crippen LogP contribution in [0.25, 0.3) is 0 Å². The molecule has 2 heterocycles. The van der Waals surface area contributed by atoms with Gasteiger partial charge in [-0.25, -0.2) is 4.90 Å². The van der Waals surface area contributed by atoms with E-state index in [1.165, 1.54) is 16.2 Å². The molecule has 2 aliphatic rings. The van der Waals surface area contributed by atoms with Crippen molar-refractivity contribution in [3.63, 3.8) is 0 Å². The predicted molar refractivity (Wildman–Crippen MR) is 81.2 cm³/mol. The maximum absolute atomic E-state index is 12.7. The summed E-state index contributed by atoms with van der Waals surface area (Å²) >= 11 is 0. The largest absolute Gasteiger partial charge is 0.324 e. The second-order valence-electron chi connectivity index (χ2n) is 6.52. The highest BCUT2D eigenvalue weighted by Crippen LogP contribution is 2.22. The molecule has 21 heavy (non-hydrogen) atoms. The highest BCUT2D eigenvalue weighted by molar-refractivity contribution is 6.21. The molecule has 4 nitrogen and oxygen atoms in total. The number of nitrogens with zero attached hydrogens (tertiary/aromatic N) is 1. The van der Waals surface area contributed by atoms with Gasteiger partial charge < -0.3 is 4.90 Å². The summed E-state index contributed by atoms with van der Waals surface area (Å²) < 4.78 is 0. The monoisotopic (exact) mass is 287 g/mol. The Morgan fingerprint density at radius 2 is 1.90 bits per heavy atom. The Labute approximate surface area is 125 Å². The van der Waals surface area contributed by atoms with Crippen molar-refractivity contribution in [2.75, 3.05) is 18.0 Å². The lowest BCUT2D eigenvalue weighted by Gasteiger charge is -2.31. The minimum absolute atomic E-state index is 0.0204. The molecule has 0 bridgehead atoms. The molecule has 0 spiro atoms. The highest BCUT2D eigenvalue weighted by Gasteiger charge is 2.46. The van der Waals surface area contributed by atoms with E-state index in [1.54, 1.807) is 0 Å². The lowest BCUT2D eigenvalue weighted by molar-refractivity contribution is -0.923. The van der Waals surface area contributed by atoms with Crippen LogP contribution < -0.4 is 9.80 Å². The van der Waals surface area contributed by atoms with Crippen molar-refractivity contribution in [3.8, 4) is 0 Å². The molecule has 2 aliphatic heterocycles. The summed E-state index contributed by atoms with van der Waals surface area (Å²) in [6.45, 7) is 6.25. The van der Waals surface area contributed by atoms with Crippen LogP contribution in [0.1, 0.15) is 31.7 Å². The first-order valence-corrected chi connectivity index (χ1v) is 7.84. The van der Waals surface area contributed by atoms with Crippen molar-refractivity contribution in [3.05, 3.63) is 29.8 Å². The zero-order valence-corrected chi connectivity index (χ0v) is 12.8. The number of amides is 2. The zero-order valence-electron chi connectivity index (χ0n) is 12.8. The molecule has 0 aromatic heterocycles. The van der Waals surface area contributed by atoms with E-state index in [2.05, 4.69) is 6.92 Å². The molecule has 2 amide bonds. The van der Waals surface area contributed by atoms with Crippen LogP contribution in [0.4, 0.5) is 5.69 Å². The second kappa shape index (κ2) is 5.60. The Bertz CT molecular complexity index is 552. The number of carbonyl (C=O) groups is 2.